The second kappa shape index (κ2) is 9.33. The van der Waals surface area contributed by atoms with Crippen LogP contribution in [0, 0.1) is 11.7 Å². The number of carboxylic acid groups (broad SMARTS) is 1. The van der Waals surface area contributed by atoms with E-state index in [9.17, 15) is 32.3 Å². The number of alkyl halides is 3. The average molecular weight is 448 g/mol. The zero-order valence-corrected chi connectivity index (χ0v) is 17.1. The van der Waals surface area contributed by atoms with Crippen LogP contribution in [0.3, 0.4) is 0 Å². The highest BCUT2D eigenvalue weighted by molar-refractivity contribution is 6.16. The van der Waals surface area contributed by atoms with E-state index < -0.39 is 35.4 Å². The van der Waals surface area contributed by atoms with E-state index in [0.29, 0.717) is 24.2 Å². The minimum absolute atomic E-state index is 0.132. The van der Waals surface area contributed by atoms with Crippen LogP contribution in [0.1, 0.15) is 37.3 Å². The summed E-state index contributed by atoms with van der Waals surface area (Å²) < 4.78 is 51.5. The Kier molecular flexibility index (Phi) is 6.76. The molecule has 1 heterocycles. The number of amides is 1. The molecule has 0 spiro atoms. The highest BCUT2D eigenvalue weighted by atomic mass is 19.4. The van der Waals surface area contributed by atoms with E-state index in [4.69, 9.17) is 0 Å². The Labute approximate surface area is 181 Å². The summed E-state index contributed by atoms with van der Waals surface area (Å²) in [6.07, 6.45) is -2.29. The highest BCUT2D eigenvalue weighted by Crippen LogP contribution is 2.32. The predicted octanol–water partition coefficient (Wildman–Crippen LogP) is 5.52. The summed E-state index contributed by atoms with van der Waals surface area (Å²) in [5.41, 5.74) is 0.153. The van der Waals surface area contributed by atoms with Gasteiger partial charge in [-0.15, -0.1) is 0 Å². The Balaban J connectivity index is 1.88. The molecule has 0 bridgehead atoms. The fraction of sp³-hybridized carbons (Fsp3) is 0.261. The number of hydrogen-bond acceptors (Lipinski definition) is 3. The second-order valence-corrected chi connectivity index (χ2v) is 7.32. The van der Waals surface area contributed by atoms with Gasteiger partial charge >= 0.3 is 12.1 Å². The standard InChI is InChI=1S/C23H20F4N2O3/c1-2-3-20-19(21(30)29(28-20)18-10-8-17(24)9-11-18)13-15(22(31)32)12-14-4-6-16(7-5-14)23(25,26)27/h4-12,19H,2-3,13H2,1H3,(H,31,32)/b15-12-. The minimum Gasteiger partial charge on any atom is -0.478 e. The molecular weight excluding hydrogens is 428 g/mol. The molecule has 1 unspecified atom stereocenters. The molecule has 2 aromatic rings. The van der Waals surface area contributed by atoms with Gasteiger partial charge in [-0.3, -0.25) is 4.79 Å². The Morgan fingerprint density at radius 3 is 2.28 bits per heavy atom. The molecule has 9 heteroatoms. The average Bonchev–Trinajstić information content (AvgIpc) is 3.03. The van der Waals surface area contributed by atoms with Gasteiger partial charge in [-0.2, -0.15) is 18.3 Å². The molecule has 0 saturated carbocycles. The van der Waals surface area contributed by atoms with Gasteiger partial charge in [-0.05, 0) is 60.9 Å². The lowest BCUT2D eigenvalue weighted by Gasteiger charge is -2.15. The van der Waals surface area contributed by atoms with Crippen molar-refractivity contribution >= 4 is 29.4 Å². The fourth-order valence-corrected chi connectivity index (χ4v) is 3.39. The van der Waals surface area contributed by atoms with E-state index in [1.807, 2.05) is 6.92 Å². The molecular formula is C23H20F4N2O3. The molecule has 1 atom stereocenters. The molecule has 0 radical (unpaired) electrons. The number of rotatable bonds is 7. The van der Waals surface area contributed by atoms with Crippen LogP contribution < -0.4 is 5.01 Å². The lowest BCUT2D eigenvalue weighted by Crippen LogP contribution is -2.28. The number of carboxylic acids is 1. The minimum atomic E-state index is -4.50. The van der Waals surface area contributed by atoms with Crippen molar-refractivity contribution in [3.63, 3.8) is 0 Å². The number of anilines is 1. The number of carbonyl (C=O) groups excluding carboxylic acids is 1. The number of hydrazone groups is 1. The van der Waals surface area contributed by atoms with Gasteiger partial charge in [0.25, 0.3) is 5.91 Å². The van der Waals surface area contributed by atoms with Gasteiger partial charge in [0.1, 0.15) is 5.82 Å². The van der Waals surface area contributed by atoms with Crippen molar-refractivity contribution in [2.45, 2.75) is 32.4 Å². The van der Waals surface area contributed by atoms with Crippen molar-refractivity contribution in [1.82, 2.24) is 0 Å². The molecule has 1 aliphatic rings. The maximum Gasteiger partial charge on any atom is 0.416 e. The van der Waals surface area contributed by atoms with Gasteiger partial charge in [0.15, 0.2) is 0 Å². The summed E-state index contributed by atoms with van der Waals surface area (Å²) in [7, 11) is 0. The van der Waals surface area contributed by atoms with Crippen LogP contribution in [-0.2, 0) is 15.8 Å². The zero-order valence-electron chi connectivity index (χ0n) is 17.1. The number of halogens is 4. The Hall–Kier alpha value is -3.49. The van der Waals surface area contributed by atoms with Gasteiger partial charge < -0.3 is 5.11 Å². The summed E-state index contributed by atoms with van der Waals surface area (Å²) in [4.78, 5) is 24.8. The van der Waals surface area contributed by atoms with E-state index in [2.05, 4.69) is 5.10 Å². The first-order chi connectivity index (χ1) is 15.1. The van der Waals surface area contributed by atoms with Crippen LogP contribution in [0.4, 0.5) is 23.2 Å². The van der Waals surface area contributed by atoms with E-state index >= 15 is 0 Å². The number of carbonyl (C=O) groups is 2. The first-order valence-electron chi connectivity index (χ1n) is 9.88. The van der Waals surface area contributed by atoms with Crippen LogP contribution >= 0.6 is 0 Å². The molecule has 0 saturated heterocycles. The van der Waals surface area contributed by atoms with Crippen LogP contribution in [0.15, 0.2) is 59.2 Å². The Morgan fingerprint density at radius 2 is 1.75 bits per heavy atom. The fourth-order valence-electron chi connectivity index (χ4n) is 3.39. The smallest absolute Gasteiger partial charge is 0.416 e. The van der Waals surface area contributed by atoms with Crippen LogP contribution in [0.2, 0.25) is 0 Å². The van der Waals surface area contributed by atoms with Crippen molar-refractivity contribution in [3.8, 4) is 0 Å². The maximum atomic E-state index is 13.2. The molecule has 0 aromatic heterocycles. The van der Waals surface area contributed by atoms with Crippen LogP contribution in [0.25, 0.3) is 6.08 Å². The molecule has 2 aromatic carbocycles. The molecule has 1 amide bonds. The highest BCUT2D eigenvalue weighted by Gasteiger charge is 2.37. The van der Waals surface area contributed by atoms with Gasteiger partial charge in [0, 0.05) is 5.57 Å². The lowest BCUT2D eigenvalue weighted by atomic mass is 9.91. The van der Waals surface area contributed by atoms with E-state index in [0.717, 1.165) is 17.1 Å². The number of nitrogens with zero attached hydrogens (tertiary/aromatic N) is 2. The summed E-state index contributed by atoms with van der Waals surface area (Å²) in [5, 5.41) is 15.1. The second-order valence-electron chi connectivity index (χ2n) is 7.32. The van der Waals surface area contributed by atoms with E-state index in [-0.39, 0.29) is 17.6 Å². The summed E-state index contributed by atoms with van der Waals surface area (Å²) >= 11 is 0. The Bertz CT molecular complexity index is 1060. The molecule has 1 N–H and O–H groups in total. The molecule has 1 aliphatic heterocycles. The van der Waals surface area contributed by atoms with Crippen LogP contribution in [-0.4, -0.2) is 22.7 Å². The monoisotopic (exact) mass is 448 g/mol. The first kappa shape index (κ1) is 23.2. The van der Waals surface area contributed by atoms with Crippen molar-refractivity contribution in [1.29, 1.82) is 0 Å². The lowest BCUT2D eigenvalue weighted by molar-refractivity contribution is -0.137. The van der Waals surface area contributed by atoms with Gasteiger partial charge in [-0.1, -0.05) is 25.5 Å². The Morgan fingerprint density at radius 1 is 1.12 bits per heavy atom. The van der Waals surface area contributed by atoms with Crippen LogP contribution in [0.5, 0.6) is 0 Å². The zero-order chi connectivity index (χ0) is 23.5. The molecule has 32 heavy (non-hydrogen) atoms. The normalized spacial score (nSPS) is 17.0. The third-order valence-corrected chi connectivity index (χ3v) is 4.99. The maximum absolute atomic E-state index is 13.2. The quantitative estimate of drug-likeness (QED) is 0.448. The van der Waals surface area contributed by atoms with Crippen molar-refractivity contribution in [2.24, 2.45) is 11.0 Å². The summed E-state index contributed by atoms with van der Waals surface area (Å²) in [6, 6.07) is 9.27. The molecule has 0 fully saturated rings. The number of hydrogen-bond donors (Lipinski definition) is 1. The predicted molar refractivity (Wildman–Crippen MR) is 111 cm³/mol. The van der Waals surface area contributed by atoms with Crippen molar-refractivity contribution in [2.75, 3.05) is 5.01 Å². The van der Waals surface area contributed by atoms with Gasteiger partial charge in [-0.25, -0.2) is 14.2 Å². The third kappa shape index (κ3) is 5.22. The molecule has 3 rings (SSSR count). The first-order valence-corrected chi connectivity index (χ1v) is 9.88. The summed E-state index contributed by atoms with van der Waals surface area (Å²) in [6.45, 7) is 1.89. The summed E-state index contributed by atoms with van der Waals surface area (Å²) in [5.74, 6) is -3.03. The van der Waals surface area contributed by atoms with E-state index in [1.54, 1.807) is 0 Å². The van der Waals surface area contributed by atoms with Gasteiger partial charge in [0.05, 0.1) is 22.9 Å². The topological polar surface area (TPSA) is 70.0 Å². The van der Waals surface area contributed by atoms with Gasteiger partial charge in [0.2, 0.25) is 0 Å². The molecule has 5 nitrogen and oxygen atoms in total. The SMILES string of the molecule is CCCC1=NN(c2ccc(F)cc2)C(=O)C1C/C(=C/c1ccc(C(F)(F)F)cc1)C(=O)O. The van der Waals surface area contributed by atoms with E-state index in [1.165, 1.54) is 42.5 Å². The molecule has 0 aliphatic carbocycles. The number of aliphatic carboxylic acids is 1. The van der Waals surface area contributed by atoms with Crippen molar-refractivity contribution in [3.05, 3.63) is 71.0 Å². The third-order valence-electron chi connectivity index (χ3n) is 4.99. The largest absolute Gasteiger partial charge is 0.478 e. The molecule has 168 valence electrons. The number of benzene rings is 2. The van der Waals surface area contributed by atoms with Crippen molar-refractivity contribution < 1.29 is 32.3 Å².